The lowest BCUT2D eigenvalue weighted by Crippen LogP contribution is -2.32. The van der Waals surface area contributed by atoms with Crippen LogP contribution >= 0.6 is 0 Å². The van der Waals surface area contributed by atoms with Crippen molar-refractivity contribution in [2.24, 2.45) is 0 Å². The summed E-state index contributed by atoms with van der Waals surface area (Å²) in [5, 5.41) is 4.96. The van der Waals surface area contributed by atoms with Crippen LogP contribution in [0.4, 0.5) is 0 Å². The molecule has 0 unspecified atom stereocenters. The highest BCUT2D eigenvalue weighted by Crippen LogP contribution is 2.17. The Bertz CT molecular complexity index is 540. The van der Waals surface area contributed by atoms with Crippen LogP contribution in [-0.4, -0.2) is 42.6 Å². The summed E-state index contributed by atoms with van der Waals surface area (Å²) in [5.41, 5.74) is 2.67. The number of likely N-dealkylation sites (tertiary alicyclic amines) is 1. The Labute approximate surface area is 127 Å². The lowest BCUT2D eigenvalue weighted by molar-refractivity contribution is 0.226. The smallest absolute Gasteiger partial charge is 0.0456 e. The molecule has 0 saturated carbocycles. The molecule has 0 radical (unpaired) electrons. The van der Waals surface area contributed by atoms with E-state index in [2.05, 4.69) is 45.7 Å². The van der Waals surface area contributed by atoms with Crippen molar-refractivity contribution in [2.45, 2.75) is 32.1 Å². The minimum Gasteiger partial charge on any atom is -0.361 e. The van der Waals surface area contributed by atoms with Gasteiger partial charge in [0.25, 0.3) is 0 Å². The normalized spacial score (nSPS) is 16.6. The van der Waals surface area contributed by atoms with Crippen LogP contribution < -0.4 is 5.32 Å². The number of para-hydroxylation sites is 1. The Kier molecular flexibility index (Phi) is 5.30. The third-order valence-electron chi connectivity index (χ3n) is 4.52. The molecule has 1 aliphatic rings. The first kappa shape index (κ1) is 14.6. The maximum atomic E-state index is 3.59. The van der Waals surface area contributed by atoms with Gasteiger partial charge in [-0.15, -0.1) is 0 Å². The van der Waals surface area contributed by atoms with E-state index in [0.29, 0.717) is 0 Å². The van der Waals surface area contributed by atoms with E-state index in [4.69, 9.17) is 0 Å². The molecule has 3 rings (SSSR count). The molecule has 1 saturated heterocycles. The SMILES string of the molecule is c1ccc2c(CCNCCCN3CCCCC3)c[nH]c2c1. The molecule has 1 aromatic heterocycles. The van der Waals surface area contributed by atoms with Gasteiger partial charge in [0, 0.05) is 17.1 Å². The highest BCUT2D eigenvalue weighted by Gasteiger charge is 2.08. The number of hydrogen-bond donors (Lipinski definition) is 2. The summed E-state index contributed by atoms with van der Waals surface area (Å²) in [6.45, 7) is 6.10. The summed E-state index contributed by atoms with van der Waals surface area (Å²) >= 11 is 0. The third kappa shape index (κ3) is 4.08. The van der Waals surface area contributed by atoms with E-state index in [0.717, 1.165) is 19.5 Å². The predicted octanol–water partition coefficient (Wildman–Crippen LogP) is 3.18. The van der Waals surface area contributed by atoms with Gasteiger partial charge in [-0.1, -0.05) is 24.6 Å². The zero-order chi connectivity index (χ0) is 14.3. The first-order valence-electron chi connectivity index (χ1n) is 8.41. The Morgan fingerprint density at radius 1 is 1.05 bits per heavy atom. The number of nitrogens with zero attached hydrogens (tertiary/aromatic N) is 1. The van der Waals surface area contributed by atoms with Gasteiger partial charge in [0.05, 0.1) is 0 Å². The second kappa shape index (κ2) is 7.62. The Balaban J connectivity index is 1.33. The molecule has 1 fully saturated rings. The number of rotatable bonds is 7. The van der Waals surface area contributed by atoms with Crippen molar-refractivity contribution >= 4 is 10.9 Å². The van der Waals surface area contributed by atoms with Crippen LogP contribution in [0.2, 0.25) is 0 Å². The molecule has 3 heteroatoms. The number of benzene rings is 1. The number of fused-ring (bicyclic) bond motifs is 1. The summed E-state index contributed by atoms with van der Waals surface area (Å²) < 4.78 is 0. The monoisotopic (exact) mass is 285 g/mol. The minimum absolute atomic E-state index is 1.07. The van der Waals surface area contributed by atoms with E-state index >= 15 is 0 Å². The maximum Gasteiger partial charge on any atom is 0.0456 e. The summed E-state index contributed by atoms with van der Waals surface area (Å²) in [6.07, 6.45) is 8.75. The van der Waals surface area contributed by atoms with Crippen LogP contribution in [0.3, 0.4) is 0 Å². The van der Waals surface area contributed by atoms with Crippen LogP contribution in [0.5, 0.6) is 0 Å². The first-order valence-corrected chi connectivity index (χ1v) is 8.41. The van der Waals surface area contributed by atoms with Crippen molar-refractivity contribution in [3.63, 3.8) is 0 Å². The standard InChI is InChI=1S/C18H27N3/c1-4-12-21(13-5-1)14-6-10-19-11-9-16-15-20-18-8-3-2-7-17(16)18/h2-3,7-8,15,19-20H,1,4-6,9-14H2. The fraction of sp³-hybridized carbons (Fsp3) is 0.556. The average Bonchev–Trinajstić information content (AvgIpc) is 2.95. The number of aromatic nitrogens is 1. The minimum atomic E-state index is 1.07. The number of hydrogen-bond acceptors (Lipinski definition) is 2. The average molecular weight is 285 g/mol. The number of H-pyrrole nitrogens is 1. The zero-order valence-electron chi connectivity index (χ0n) is 12.9. The summed E-state index contributed by atoms with van der Waals surface area (Å²) in [7, 11) is 0. The van der Waals surface area contributed by atoms with Crippen molar-refractivity contribution in [1.29, 1.82) is 0 Å². The van der Waals surface area contributed by atoms with Gasteiger partial charge in [0.2, 0.25) is 0 Å². The highest BCUT2D eigenvalue weighted by atomic mass is 15.1. The van der Waals surface area contributed by atoms with E-state index in [1.54, 1.807) is 0 Å². The second-order valence-electron chi connectivity index (χ2n) is 6.12. The summed E-state index contributed by atoms with van der Waals surface area (Å²) in [6, 6.07) is 8.55. The molecule has 2 heterocycles. The number of piperidine rings is 1. The Hall–Kier alpha value is -1.32. The van der Waals surface area contributed by atoms with Gasteiger partial charge < -0.3 is 15.2 Å². The molecule has 3 nitrogen and oxygen atoms in total. The molecule has 0 bridgehead atoms. The van der Waals surface area contributed by atoms with E-state index in [1.807, 2.05) is 0 Å². The van der Waals surface area contributed by atoms with Gasteiger partial charge in [0.1, 0.15) is 0 Å². The fourth-order valence-corrected chi connectivity index (χ4v) is 3.30. The van der Waals surface area contributed by atoms with Gasteiger partial charge in [-0.25, -0.2) is 0 Å². The van der Waals surface area contributed by atoms with E-state index in [-0.39, 0.29) is 0 Å². The molecule has 0 atom stereocenters. The van der Waals surface area contributed by atoms with Crippen LogP contribution in [0, 0.1) is 0 Å². The van der Waals surface area contributed by atoms with Crippen molar-refractivity contribution in [2.75, 3.05) is 32.7 Å². The van der Waals surface area contributed by atoms with E-state index in [1.165, 1.54) is 61.8 Å². The topological polar surface area (TPSA) is 31.1 Å². The molecule has 1 aliphatic heterocycles. The summed E-state index contributed by atoms with van der Waals surface area (Å²) in [5.74, 6) is 0. The molecule has 1 aromatic carbocycles. The molecule has 0 spiro atoms. The van der Waals surface area contributed by atoms with Crippen LogP contribution in [0.25, 0.3) is 10.9 Å². The molecule has 114 valence electrons. The predicted molar refractivity (Wildman–Crippen MR) is 89.8 cm³/mol. The van der Waals surface area contributed by atoms with Crippen LogP contribution in [0.15, 0.2) is 30.5 Å². The van der Waals surface area contributed by atoms with Crippen molar-refractivity contribution in [3.8, 4) is 0 Å². The van der Waals surface area contributed by atoms with Crippen LogP contribution in [0.1, 0.15) is 31.2 Å². The van der Waals surface area contributed by atoms with Gasteiger partial charge in [-0.05, 0) is 70.0 Å². The molecule has 0 amide bonds. The maximum absolute atomic E-state index is 3.59. The molecule has 21 heavy (non-hydrogen) atoms. The van der Waals surface area contributed by atoms with Gasteiger partial charge in [0.15, 0.2) is 0 Å². The molecule has 2 aromatic rings. The van der Waals surface area contributed by atoms with Gasteiger partial charge in [-0.3, -0.25) is 0 Å². The van der Waals surface area contributed by atoms with Gasteiger partial charge >= 0.3 is 0 Å². The quantitative estimate of drug-likeness (QED) is 0.766. The molecular formula is C18H27N3. The molecule has 0 aliphatic carbocycles. The number of aromatic amines is 1. The Morgan fingerprint density at radius 2 is 1.90 bits per heavy atom. The fourth-order valence-electron chi connectivity index (χ4n) is 3.30. The first-order chi connectivity index (χ1) is 10.4. The third-order valence-corrected chi connectivity index (χ3v) is 4.52. The van der Waals surface area contributed by atoms with Crippen molar-refractivity contribution in [1.82, 2.24) is 15.2 Å². The van der Waals surface area contributed by atoms with Crippen molar-refractivity contribution in [3.05, 3.63) is 36.0 Å². The van der Waals surface area contributed by atoms with Crippen LogP contribution in [-0.2, 0) is 6.42 Å². The van der Waals surface area contributed by atoms with Crippen molar-refractivity contribution < 1.29 is 0 Å². The highest BCUT2D eigenvalue weighted by molar-refractivity contribution is 5.83. The summed E-state index contributed by atoms with van der Waals surface area (Å²) in [4.78, 5) is 5.96. The second-order valence-corrected chi connectivity index (χ2v) is 6.12. The molecule has 2 N–H and O–H groups in total. The lowest BCUT2D eigenvalue weighted by Gasteiger charge is -2.26. The molecular weight excluding hydrogens is 258 g/mol. The zero-order valence-corrected chi connectivity index (χ0v) is 12.9. The number of nitrogens with one attached hydrogen (secondary N) is 2. The largest absolute Gasteiger partial charge is 0.361 e. The van der Waals surface area contributed by atoms with E-state index in [9.17, 15) is 0 Å². The Morgan fingerprint density at radius 3 is 2.81 bits per heavy atom. The van der Waals surface area contributed by atoms with Gasteiger partial charge in [-0.2, -0.15) is 0 Å². The lowest BCUT2D eigenvalue weighted by atomic mass is 10.1. The van der Waals surface area contributed by atoms with E-state index < -0.39 is 0 Å².